The molecule has 0 amide bonds. The number of nitrogens with zero attached hydrogens (tertiary/aromatic N) is 1. The molecule has 1 aliphatic carbocycles. The number of hydrogen-bond acceptors (Lipinski definition) is 2. The van der Waals surface area contributed by atoms with Crippen LogP contribution in [0.5, 0.6) is 0 Å². The van der Waals surface area contributed by atoms with E-state index in [0.29, 0.717) is 12.1 Å². The van der Waals surface area contributed by atoms with Crippen molar-refractivity contribution >= 4 is 0 Å². The lowest BCUT2D eigenvalue weighted by atomic mass is 9.95. The number of aromatic nitrogens is 1. The highest BCUT2D eigenvalue weighted by Gasteiger charge is 2.19. The fourth-order valence-electron chi connectivity index (χ4n) is 3.34. The molecule has 0 bridgehead atoms. The highest BCUT2D eigenvalue weighted by atomic mass is 14.9. The molecule has 1 aromatic heterocycles. The lowest BCUT2D eigenvalue weighted by molar-refractivity contribution is 0.393. The average Bonchev–Trinajstić information content (AvgIpc) is 2.66. The second-order valence-electron chi connectivity index (χ2n) is 6.03. The van der Waals surface area contributed by atoms with E-state index in [0.717, 1.165) is 5.92 Å². The van der Waals surface area contributed by atoms with E-state index in [1.54, 1.807) is 0 Å². The highest BCUT2D eigenvalue weighted by Crippen LogP contribution is 2.27. The van der Waals surface area contributed by atoms with Crippen molar-refractivity contribution in [2.24, 2.45) is 5.92 Å². The van der Waals surface area contributed by atoms with Gasteiger partial charge in [0.05, 0.1) is 0 Å². The first-order valence-electron chi connectivity index (χ1n) is 7.95. The summed E-state index contributed by atoms with van der Waals surface area (Å²) in [5.41, 5.74) is 1.35. The summed E-state index contributed by atoms with van der Waals surface area (Å²) < 4.78 is 0. The Hall–Kier alpha value is -0.890. The minimum Gasteiger partial charge on any atom is -0.307 e. The van der Waals surface area contributed by atoms with Crippen molar-refractivity contribution in [1.29, 1.82) is 0 Å². The molecule has 1 saturated carbocycles. The summed E-state index contributed by atoms with van der Waals surface area (Å²) in [6.45, 7) is 4.58. The van der Waals surface area contributed by atoms with Gasteiger partial charge in [0.2, 0.25) is 0 Å². The van der Waals surface area contributed by atoms with Crippen LogP contribution in [-0.4, -0.2) is 11.0 Å². The Morgan fingerprint density at radius 3 is 2.74 bits per heavy atom. The Morgan fingerprint density at radius 2 is 2.00 bits per heavy atom. The monoisotopic (exact) mass is 260 g/mol. The van der Waals surface area contributed by atoms with Gasteiger partial charge in [-0.1, -0.05) is 32.6 Å². The lowest BCUT2D eigenvalue weighted by Gasteiger charge is -2.22. The van der Waals surface area contributed by atoms with Crippen LogP contribution in [0.15, 0.2) is 24.5 Å². The molecule has 3 atom stereocenters. The zero-order chi connectivity index (χ0) is 13.5. The van der Waals surface area contributed by atoms with Gasteiger partial charge in [0, 0.05) is 24.5 Å². The predicted molar refractivity (Wildman–Crippen MR) is 81.1 cm³/mol. The van der Waals surface area contributed by atoms with Crippen molar-refractivity contribution in [2.75, 3.05) is 0 Å². The van der Waals surface area contributed by atoms with Crippen LogP contribution in [0.2, 0.25) is 0 Å². The molecule has 19 heavy (non-hydrogen) atoms. The molecule has 0 spiro atoms. The normalized spacial score (nSPS) is 25.8. The average molecular weight is 260 g/mol. The standard InChI is InChI=1S/C17H28N2/c1-3-5-15-6-4-7-17(9-8-15)19-14(2)16-10-12-18-13-11-16/h10-15,17,19H,3-9H2,1-2H3. The van der Waals surface area contributed by atoms with E-state index in [9.17, 15) is 0 Å². The van der Waals surface area contributed by atoms with Gasteiger partial charge in [-0.3, -0.25) is 4.98 Å². The van der Waals surface area contributed by atoms with Gasteiger partial charge in [-0.25, -0.2) is 0 Å². The first-order valence-corrected chi connectivity index (χ1v) is 7.95. The molecule has 0 aliphatic heterocycles. The van der Waals surface area contributed by atoms with E-state index in [2.05, 4.69) is 36.3 Å². The second kappa shape index (κ2) is 7.64. The van der Waals surface area contributed by atoms with Gasteiger partial charge in [-0.2, -0.15) is 0 Å². The van der Waals surface area contributed by atoms with E-state index in [1.165, 1.54) is 50.5 Å². The number of hydrogen-bond donors (Lipinski definition) is 1. The molecule has 1 heterocycles. The number of pyridine rings is 1. The molecule has 0 radical (unpaired) electrons. The summed E-state index contributed by atoms with van der Waals surface area (Å²) in [5.74, 6) is 0.980. The van der Waals surface area contributed by atoms with Crippen LogP contribution in [0.4, 0.5) is 0 Å². The van der Waals surface area contributed by atoms with Crippen LogP contribution in [0, 0.1) is 5.92 Å². The molecule has 1 aromatic rings. The highest BCUT2D eigenvalue weighted by molar-refractivity contribution is 5.14. The smallest absolute Gasteiger partial charge is 0.0295 e. The van der Waals surface area contributed by atoms with Crippen LogP contribution >= 0.6 is 0 Å². The largest absolute Gasteiger partial charge is 0.307 e. The molecular weight excluding hydrogens is 232 g/mol. The van der Waals surface area contributed by atoms with E-state index >= 15 is 0 Å². The van der Waals surface area contributed by atoms with E-state index in [1.807, 2.05) is 12.4 Å². The Balaban J connectivity index is 1.83. The van der Waals surface area contributed by atoms with Gasteiger partial charge in [0.1, 0.15) is 0 Å². The van der Waals surface area contributed by atoms with Crippen LogP contribution in [0.3, 0.4) is 0 Å². The van der Waals surface area contributed by atoms with Gasteiger partial charge in [0.25, 0.3) is 0 Å². The van der Waals surface area contributed by atoms with Crippen LogP contribution in [0.25, 0.3) is 0 Å². The van der Waals surface area contributed by atoms with Crippen molar-refractivity contribution in [3.05, 3.63) is 30.1 Å². The van der Waals surface area contributed by atoms with Gasteiger partial charge >= 0.3 is 0 Å². The summed E-state index contributed by atoms with van der Waals surface area (Å²) in [6, 6.07) is 5.38. The lowest BCUT2D eigenvalue weighted by Crippen LogP contribution is -2.31. The topological polar surface area (TPSA) is 24.9 Å². The quantitative estimate of drug-likeness (QED) is 0.789. The third-order valence-corrected chi connectivity index (χ3v) is 4.48. The zero-order valence-electron chi connectivity index (χ0n) is 12.4. The molecule has 0 aromatic carbocycles. The second-order valence-corrected chi connectivity index (χ2v) is 6.03. The molecule has 3 unspecified atom stereocenters. The maximum atomic E-state index is 4.09. The SMILES string of the molecule is CCCC1CCCC(NC(C)c2ccncc2)CC1. The van der Waals surface area contributed by atoms with E-state index < -0.39 is 0 Å². The van der Waals surface area contributed by atoms with Crippen LogP contribution in [-0.2, 0) is 0 Å². The van der Waals surface area contributed by atoms with Gasteiger partial charge in [-0.15, -0.1) is 0 Å². The van der Waals surface area contributed by atoms with Gasteiger partial charge in [-0.05, 0) is 49.8 Å². The summed E-state index contributed by atoms with van der Waals surface area (Å²) >= 11 is 0. The van der Waals surface area contributed by atoms with Crippen molar-refractivity contribution in [3.63, 3.8) is 0 Å². The van der Waals surface area contributed by atoms with Crippen molar-refractivity contribution in [3.8, 4) is 0 Å². The van der Waals surface area contributed by atoms with Crippen LogP contribution in [0.1, 0.15) is 70.4 Å². The Morgan fingerprint density at radius 1 is 1.21 bits per heavy atom. The first kappa shape index (κ1) is 14.5. The molecular formula is C17H28N2. The Bertz CT molecular complexity index is 350. The third kappa shape index (κ3) is 4.61. The number of nitrogens with one attached hydrogen (secondary N) is 1. The molecule has 2 nitrogen and oxygen atoms in total. The summed E-state index contributed by atoms with van der Waals surface area (Å²) in [4.78, 5) is 4.09. The van der Waals surface area contributed by atoms with E-state index in [-0.39, 0.29) is 0 Å². The molecule has 1 aliphatic rings. The number of rotatable bonds is 5. The predicted octanol–water partition coefficient (Wildman–Crippen LogP) is 4.48. The van der Waals surface area contributed by atoms with Crippen molar-refractivity contribution < 1.29 is 0 Å². The molecule has 106 valence electrons. The fourth-order valence-corrected chi connectivity index (χ4v) is 3.34. The fraction of sp³-hybridized carbons (Fsp3) is 0.706. The zero-order valence-corrected chi connectivity index (χ0v) is 12.4. The summed E-state index contributed by atoms with van der Waals surface area (Å²) in [7, 11) is 0. The summed E-state index contributed by atoms with van der Waals surface area (Å²) in [6.07, 6.45) is 13.5. The van der Waals surface area contributed by atoms with Crippen molar-refractivity contribution in [1.82, 2.24) is 10.3 Å². The van der Waals surface area contributed by atoms with Gasteiger partial charge in [0.15, 0.2) is 0 Å². The molecule has 2 rings (SSSR count). The molecule has 1 N–H and O–H groups in total. The third-order valence-electron chi connectivity index (χ3n) is 4.48. The first-order chi connectivity index (χ1) is 9.29. The maximum absolute atomic E-state index is 4.09. The summed E-state index contributed by atoms with van der Waals surface area (Å²) in [5, 5.41) is 3.81. The molecule has 0 saturated heterocycles. The molecule has 2 heteroatoms. The van der Waals surface area contributed by atoms with Gasteiger partial charge < -0.3 is 5.32 Å². The Kier molecular flexibility index (Phi) is 5.84. The minimum absolute atomic E-state index is 0.440. The van der Waals surface area contributed by atoms with Crippen LogP contribution < -0.4 is 5.32 Å². The minimum atomic E-state index is 0.440. The molecule has 1 fully saturated rings. The van der Waals surface area contributed by atoms with Crippen molar-refractivity contribution in [2.45, 2.75) is 70.9 Å². The maximum Gasteiger partial charge on any atom is 0.0295 e. The van der Waals surface area contributed by atoms with E-state index in [4.69, 9.17) is 0 Å². The Labute approximate surface area is 118 Å².